The van der Waals surface area contributed by atoms with E-state index in [-0.39, 0.29) is 0 Å². The van der Waals surface area contributed by atoms with Gasteiger partial charge in [0.05, 0.1) is 0 Å². The Morgan fingerprint density at radius 2 is 1.30 bits per heavy atom. The zero-order valence-electron chi connectivity index (χ0n) is 14.0. The predicted octanol–water partition coefficient (Wildman–Crippen LogP) is 6.88. The smallest absolute Gasteiger partial charge is 0.0162 e. The van der Waals surface area contributed by atoms with Crippen molar-refractivity contribution in [2.45, 2.75) is 90.9 Å². The van der Waals surface area contributed by atoms with Crippen LogP contribution in [0.1, 0.15) is 95.6 Å². The molecule has 0 radical (unpaired) electrons. The topological polar surface area (TPSA) is 0 Å². The summed E-state index contributed by atoms with van der Waals surface area (Å²) in [5.41, 5.74) is 3.09. The first-order valence-electron chi connectivity index (χ1n) is 8.90. The van der Waals surface area contributed by atoms with Crippen molar-refractivity contribution in [3.05, 3.63) is 35.4 Å². The van der Waals surface area contributed by atoms with Gasteiger partial charge in [0.1, 0.15) is 0 Å². The van der Waals surface area contributed by atoms with Crippen LogP contribution in [0.2, 0.25) is 0 Å². The molecule has 0 heterocycles. The lowest BCUT2D eigenvalue weighted by atomic mass is 9.88. The molecule has 0 saturated carbocycles. The molecule has 1 unspecified atom stereocenters. The van der Waals surface area contributed by atoms with Gasteiger partial charge in [0, 0.05) is 0 Å². The molecule has 0 aliphatic heterocycles. The first-order valence-corrected chi connectivity index (χ1v) is 8.90. The average molecular weight is 274 g/mol. The molecule has 0 fully saturated rings. The molecule has 0 spiro atoms. The van der Waals surface area contributed by atoms with Crippen molar-refractivity contribution in [3.8, 4) is 0 Å². The number of aryl methyl sites for hydroxylation is 1. The van der Waals surface area contributed by atoms with E-state index in [1.165, 1.54) is 69.8 Å². The SMILES string of the molecule is CCCCCC(CCCC)c1ccc(CCCC)cc1. The number of hydrogen-bond acceptors (Lipinski definition) is 0. The van der Waals surface area contributed by atoms with Gasteiger partial charge in [0.2, 0.25) is 0 Å². The van der Waals surface area contributed by atoms with Crippen molar-refractivity contribution in [3.63, 3.8) is 0 Å². The van der Waals surface area contributed by atoms with Crippen LogP contribution in [0, 0.1) is 0 Å². The van der Waals surface area contributed by atoms with Crippen molar-refractivity contribution < 1.29 is 0 Å². The second-order valence-corrected chi connectivity index (χ2v) is 6.18. The Morgan fingerprint density at radius 3 is 1.90 bits per heavy atom. The Bertz CT molecular complexity index is 322. The Balaban J connectivity index is 2.58. The number of unbranched alkanes of at least 4 members (excludes halogenated alkanes) is 4. The molecule has 0 aromatic heterocycles. The summed E-state index contributed by atoms with van der Waals surface area (Å²) < 4.78 is 0. The monoisotopic (exact) mass is 274 g/mol. The van der Waals surface area contributed by atoms with Gasteiger partial charge in [-0.1, -0.05) is 83.6 Å². The van der Waals surface area contributed by atoms with Crippen LogP contribution in [0.4, 0.5) is 0 Å². The second-order valence-electron chi connectivity index (χ2n) is 6.18. The fourth-order valence-electron chi connectivity index (χ4n) is 2.91. The average Bonchev–Trinajstić information content (AvgIpc) is 2.49. The maximum atomic E-state index is 2.40. The fourth-order valence-corrected chi connectivity index (χ4v) is 2.91. The van der Waals surface area contributed by atoms with E-state index in [1.54, 1.807) is 5.56 Å². The van der Waals surface area contributed by atoms with E-state index in [0.29, 0.717) is 0 Å². The third-order valence-electron chi connectivity index (χ3n) is 4.33. The lowest BCUT2D eigenvalue weighted by Crippen LogP contribution is -2.00. The standard InChI is InChI=1S/C20H34/c1-4-7-10-13-19(12-9-6-3)20-16-14-18(15-17-20)11-8-5-2/h14-17,19H,4-13H2,1-3H3. The number of hydrogen-bond donors (Lipinski definition) is 0. The van der Waals surface area contributed by atoms with Crippen LogP contribution in [-0.4, -0.2) is 0 Å². The van der Waals surface area contributed by atoms with Gasteiger partial charge in [0.15, 0.2) is 0 Å². The largest absolute Gasteiger partial charge is 0.0654 e. The van der Waals surface area contributed by atoms with Crippen molar-refractivity contribution in [2.24, 2.45) is 0 Å². The molecular formula is C20H34. The Kier molecular flexibility index (Phi) is 9.45. The second kappa shape index (κ2) is 10.9. The van der Waals surface area contributed by atoms with E-state index in [4.69, 9.17) is 0 Å². The molecule has 0 aliphatic rings. The molecule has 1 rings (SSSR count). The fraction of sp³-hybridized carbons (Fsp3) is 0.700. The predicted molar refractivity (Wildman–Crippen MR) is 91.5 cm³/mol. The van der Waals surface area contributed by atoms with Crippen molar-refractivity contribution in [2.75, 3.05) is 0 Å². The van der Waals surface area contributed by atoms with E-state index in [9.17, 15) is 0 Å². The third kappa shape index (κ3) is 6.59. The first-order chi connectivity index (χ1) is 9.81. The molecule has 0 N–H and O–H groups in total. The molecule has 1 aromatic carbocycles. The summed E-state index contributed by atoms with van der Waals surface area (Å²) in [4.78, 5) is 0. The highest BCUT2D eigenvalue weighted by Crippen LogP contribution is 2.28. The molecule has 0 heteroatoms. The summed E-state index contributed by atoms with van der Waals surface area (Å²) in [6.45, 7) is 6.86. The minimum Gasteiger partial charge on any atom is -0.0654 e. The number of rotatable bonds is 11. The van der Waals surface area contributed by atoms with Gasteiger partial charge >= 0.3 is 0 Å². The molecule has 0 amide bonds. The highest BCUT2D eigenvalue weighted by molar-refractivity contribution is 5.25. The number of benzene rings is 1. The normalized spacial score (nSPS) is 12.6. The molecule has 0 nitrogen and oxygen atoms in total. The Hall–Kier alpha value is -0.780. The maximum Gasteiger partial charge on any atom is -0.0162 e. The minimum absolute atomic E-state index is 0.793. The van der Waals surface area contributed by atoms with Gasteiger partial charge in [-0.15, -0.1) is 0 Å². The van der Waals surface area contributed by atoms with E-state index in [2.05, 4.69) is 45.0 Å². The van der Waals surface area contributed by atoms with E-state index in [0.717, 1.165) is 5.92 Å². The molecule has 1 atom stereocenters. The van der Waals surface area contributed by atoms with Crippen LogP contribution < -0.4 is 0 Å². The van der Waals surface area contributed by atoms with Gasteiger partial charge in [-0.3, -0.25) is 0 Å². The lowest BCUT2D eigenvalue weighted by molar-refractivity contribution is 0.515. The summed E-state index contributed by atoms with van der Waals surface area (Å²) in [5.74, 6) is 0.793. The van der Waals surface area contributed by atoms with Crippen LogP contribution in [-0.2, 0) is 6.42 Å². The van der Waals surface area contributed by atoms with Crippen LogP contribution in [0.3, 0.4) is 0 Å². The van der Waals surface area contributed by atoms with Crippen LogP contribution in [0.15, 0.2) is 24.3 Å². The molecule has 0 saturated heterocycles. The molecule has 114 valence electrons. The molecular weight excluding hydrogens is 240 g/mol. The molecule has 0 aliphatic carbocycles. The van der Waals surface area contributed by atoms with Gasteiger partial charge in [-0.2, -0.15) is 0 Å². The van der Waals surface area contributed by atoms with E-state index >= 15 is 0 Å². The molecule has 1 aromatic rings. The van der Waals surface area contributed by atoms with Crippen molar-refractivity contribution in [1.29, 1.82) is 0 Å². The van der Waals surface area contributed by atoms with Crippen LogP contribution in [0.5, 0.6) is 0 Å². The minimum atomic E-state index is 0.793. The van der Waals surface area contributed by atoms with E-state index < -0.39 is 0 Å². The summed E-state index contributed by atoms with van der Waals surface area (Å²) in [6, 6.07) is 9.53. The van der Waals surface area contributed by atoms with Crippen molar-refractivity contribution in [1.82, 2.24) is 0 Å². The Morgan fingerprint density at radius 1 is 0.700 bits per heavy atom. The van der Waals surface area contributed by atoms with Crippen LogP contribution >= 0.6 is 0 Å². The van der Waals surface area contributed by atoms with Crippen molar-refractivity contribution >= 4 is 0 Å². The van der Waals surface area contributed by atoms with E-state index in [1.807, 2.05) is 0 Å². The van der Waals surface area contributed by atoms with Crippen LogP contribution in [0.25, 0.3) is 0 Å². The zero-order valence-corrected chi connectivity index (χ0v) is 14.0. The highest BCUT2D eigenvalue weighted by atomic mass is 14.2. The van der Waals surface area contributed by atoms with Gasteiger partial charge in [-0.05, 0) is 42.7 Å². The third-order valence-corrected chi connectivity index (χ3v) is 4.33. The zero-order chi connectivity index (χ0) is 14.6. The highest BCUT2D eigenvalue weighted by Gasteiger charge is 2.10. The van der Waals surface area contributed by atoms with Gasteiger partial charge in [-0.25, -0.2) is 0 Å². The maximum absolute atomic E-state index is 2.40. The summed E-state index contributed by atoms with van der Waals surface area (Å²) in [7, 11) is 0. The first kappa shape index (κ1) is 17.3. The summed E-state index contributed by atoms with van der Waals surface area (Å²) >= 11 is 0. The quantitative estimate of drug-likeness (QED) is 0.386. The lowest BCUT2D eigenvalue weighted by Gasteiger charge is -2.17. The van der Waals surface area contributed by atoms with Gasteiger partial charge in [0.25, 0.3) is 0 Å². The van der Waals surface area contributed by atoms with Gasteiger partial charge < -0.3 is 0 Å². The summed E-state index contributed by atoms with van der Waals surface area (Å²) in [6.07, 6.45) is 13.4. The molecule has 0 bridgehead atoms. The molecule has 20 heavy (non-hydrogen) atoms. The summed E-state index contributed by atoms with van der Waals surface area (Å²) in [5, 5.41) is 0. The Labute approximate surface area is 127 Å².